The van der Waals surface area contributed by atoms with E-state index >= 15 is 0 Å². The van der Waals surface area contributed by atoms with E-state index in [-0.39, 0.29) is 24.0 Å². The second-order valence-electron chi connectivity index (χ2n) is 10.2. The summed E-state index contributed by atoms with van der Waals surface area (Å²) in [4.78, 5) is 35.8. The molecule has 1 aromatic heterocycles. The molecular formula is C27H35BrClN5O2. The zero-order chi connectivity index (χ0) is 25.8. The summed E-state index contributed by atoms with van der Waals surface area (Å²) in [6, 6.07) is 11.8. The Morgan fingerprint density at radius 1 is 1.08 bits per heavy atom. The van der Waals surface area contributed by atoms with Gasteiger partial charge in [0.1, 0.15) is 0 Å². The molecule has 0 saturated carbocycles. The molecule has 3 heterocycles. The molecule has 0 bridgehead atoms. The van der Waals surface area contributed by atoms with Gasteiger partial charge in [0.05, 0.1) is 11.7 Å². The highest BCUT2D eigenvalue weighted by Gasteiger charge is 2.37. The number of primary amides is 1. The van der Waals surface area contributed by atoms with Crippen LogP contribution in [0.4, 0.5) is 4.79 Å². The third-order valence-corrected chi connectivity index (χ3v) is 8.23. The lowest BCUT2D eigenvalue weighted by Crippen LogP contribution is -2.58. The maximum absolute atomic E-state index is 13.5. The molecule has 2 saturated heterocycles. The van der Waals surface area contributed by atoms with E-state index in [9.17, 15) is 9.59 Å². The molecular weight excluding hydrogens is 542 g/mol. The van der Waals surface area contributed by atoms with Gasteiger partial charge in [-0.2, -0.15) is 0 Å². The molecule has 2 aliphatic heterocycles. The predicted octanol–water partition coefficient (Wildman–Crippen LogP) is 4.94. The van der Waals surface area contributed by atoms with Gasteiger partial charge in [0.15, 0.2) is 0 Å². The van der Waals surface area contributed by atoms with Gasteiger partial charge in [0, 0.05) is 60.9 Å². The molecule has 0 aliphatic carbocycles. The molecule has 3 amide bonds. The molecule has 2 aliphatic rings. The van der Waals surface area contributed by atoms with Crippen LogP contribution in [-0.4, -0.2) is 70.4 Å². The van der Waals surface area contributed by atoms with Gasteiger partial charge in [-0.25, -0.2) is 4.79 Å². The zero-order valence-corrected chi connectivity index (χ0v) is 23.3. The minimum absolute atomic E-state index is 0.0213. The van der Waals surface area contributed by atoms with Crippen molar-refractivity contribution in [2.45, 2.75) is 45.2 Å². The lowest BCUT2D eigenvalue weighted by Gasteiger charge is -2.46. The van der Waals surface area contributed by atoms with Crippen molar-refractivity contribution in [3.8, 4) is 0 Å². The highest BCUT2D eigenvalue weighted by Crippen LogP contribution is 2.33. The van der Waals surface area contributed by atoms with Crippen LogP contribution in [0, 0.1) is 11.8 Å². The topological polar surface area (TPSA) is 82.8 Å². The largest absolute Gasteiger partial charge is 0.351 e. The van der Waals surface area contributed by atoms with E-state index in [2.05, 4.69) is 57.8 Å². The van der Waals surface area contributed by atoms with Crippen molar-refractivity contribution in [2.24, 2.45) is 17.6 Å². The molecule has 9 heteroatoms. The zero-order valence-electron chi connectivity index (χ0n) is 20.9. The molecule has 2 fully saturated rings. The van der Waals surface area contributed by atoms with Crippen molar-refractivity contribution >= 4 is 39.5 Å². The van der Waals surface area contributed by atoms with Gasteiger partial charge < -0.3 is 15.5 Å². The number of benzene rings is 1. The first kappa shape index (κ1) is 26.9. The molecule has 2 aromatic rings. The SMILES string of the molecule is CC(C)[C@H]1CN(C(c2ccc(Cl)cc2)c2ccc(Br)cn2)CCN1C(=O)CC1CCN(C(N)=O)CC1. The van der Waals surface area contributed by atoms with Crippen molar-refractivity contribution in [3.63, 3.8) is 0 Å². The molecule has 1 unspecified atom stereocenters. The normalized spacial score (nSPS) is 20.5. The van der Waals surface area contributed by atoms with Crippen LogP contribution in [0.15, 0.2) is 47.1 Å². The smallest absolute Gasteiger partial charge is 0.314 e. The molecule has 194 valence electrons. The summed E-state index contributed by atoms with van der Waals surface area (Å²) in [5.41, 5.74) is 7.52. The Hall–Kier alpha value is -2.16. The summed E-state index contributed by atoms with van der Waals surface area (Å²) >= 11 is 9.68. The Bertz CT molecular complexity index is 996. The monoisotopic (exact) mass is 575 g/mol. The van der Waals surface area contributed by atoms with E-state index in [1.807, 2.05) is 24.4 Å². The van der Waals surface area contributed by atoms with E-state index < -0.39 is 0 Å². The van der Waals surface area contributed by atoms with Crippen LogP contribution < -0.4 is 5.73 Å². The van der Waals surface area contributed by atoms with Gasteiger partial charge in [0.25, 0.3) is 0 Å². The van der Waals surface area contributed by atoms with Crippen molar-refractivity contribution in [3.05, 3.63) is 63.3 Å². The second-order valence-corrected chi connectivity index (χ2v) is 11.6. The van der Waals surface area contributed by atoms with Crippen LogP contribution >= 0.6 is 27.5 Å². The summed E-state index contributed by atoms with van der Waals surface area (Å²) in [7, 11) is 0. The fraction of sp³-hybridized carbons (Fsp3) is 0.519. The Balaban J connectivity index is 1.49. The van der Waals surface area contributed by atoms with Gasteiger partial charge in [0.2, 0.25) is 5.91 Å². The van der Waals surface area contributed by atoms with Gasteiger partial charge in [-0.3, -0.25) is 14.7 Å². The third kappa shape index (κ3) is 6.39. The van der Waals surface area contributed by atoms with E-state index in [0.717, 1.165) is 41.7 Å². The minimum atomic E-state index is -0.369. The number of rotatable bonds is 6. The first-order chi connectivity index (χ1) is 17.2. The Kier molecular flexibility index (Phi) is 8.91. The number of aromatic nitrogens is 1. The molecule has 1 aromatic carbocycles. The molecule has 2 N–H and O–H groups in total. The van der Waals surface area contributed by atoms with Gasteiger partial charge >= 0.3 is 6.03 Å². The molecule has 36 heavy (non-hydrogen) atoms. The number of hydrogen-bond donors (Lipinski definition) is 1. The number of piperidine rings is 1. The van der Waals surface area contributed by atoms with Crippen LogP contribution in [0.2, 0.25) is 5.02 Å². The van der Waals surface area contributed by atoms with Crippen molar-refractivity contribution in [2.75, 3.05) is 32.7 Å². The molecule has 2 atom stereocenters. The summed E-state index contributed by atoms with van der Waals surface area (Å²) < 4.78 is 0.943. The lowest BCUT2D eigenvalue weighted by molar-refractivity contribution is -0.139. The van der Waals surface area contributed by atoms with Crippen LogP contribution in [0.3, 0.4) is 0 Å². The van der Waals surface area contributed by atoms with Crippen molar-refractivity contribution in [1.29, 1.82) is 0 Å². The minimum Gasteiger partial charge on any atom is -0.351 e. The number of halogens is 2. The number of amides is 3. The average Bonchev–Trinajstić information content (AvgIpc) is 2.86. The summed E-state index contributed by atoms with van der Waals surface area (Å²) in [6.45, 7) is 7.87. The number of nitrogens with zero attached hydrogens (tertiary/aromatic N) is 4. The van der Waals surface area contributed by atoms with Crippen LogP contribution in [-0.2, 0) is 4.79 Å². The number of urea groups is 1. The molecule has 0 spiro atoms. The Labute approximate surface area is 227 Å². The first-order valence-electron chi connectivity index (χ1n) is 12.7. The quantitative estimate of drug-likeness (QED) is 0.528. The van der Waals surface area contributed by atoms with Crippen LogP contribution in [0.5, 0.6) is 0 Å². The number of piperazine rings is 1. The maximum Gasteiger partial charge on any atom is 0.314 e. The predicted molar refractivity (Wildman–Crippen MR) is 146 cm³/mol. The van der Waals surface area contributed by atoms with E-state index in [0.29, 0.717) is 42.9 Å². The molecule has 0 radical (unpaired) electrons. The summed E-state index contributed by atoms with van der Waals surface area (Å²) in [5, 5.41) is 0.707. The Morgan fingerprint density at radius 2 is 1.78 bits per heavy atom. The number of hydrogen-bond acceptors (Lipinski definition) is 4. The average molecular weight is 577 g/mol. The van der Waals surface area contributed by atoms with Crippen molar-refractivity contribution in [1.82, 2.24) is 19.7 Å². The maximum atomic E-state index is 13.5. The number of nitrogens with two attached hydrogens (primary N) is 1. The van der Waals surface area contributed by atoms with Crippen molar-refractivity contribution < 1.29 is 9.59 Å². The molecule has 7 nitrogen and oxygen atoms in total. The third-order valence-electron chi connectivity index (χ3n) is 7.51. The Morgan fingerprint density at radius 3 is 2.36 bits per heavy atom. The highest BCUT2D eigenvalue weighted by atomic mass is 79.9. The number of carbonyl (C=O) groups excluding carboxylic acids is 2. The molecule has 4 rings (SSSR count). The van der Waals surface area contributed by atoms with E-state index in [1.165, 1.54) is 0 Å². The number of carbonyl (C=O) groups is 2. The van der Waals surface area contributed by atoms with Crippen LogP contribution in [0.1, 0.15) is 50.4 Å². The summed E-state index contributed by atoms with van der Waals surface area (Å²) in [5.74, 6) is 0.834. The standard InChI is InChI=1S/C27H35BrClN5O2/c1-18(2)24-17-33(13-14-34(24)25(35)15-19-9-11-32(12-10-19)27(30)36)26(20-3-6-22(29)7-4-20)23-8-5-21(28)16-31-23/h3-8,16,18-19,24,26H,9-15,17H2,1-2H3,(H2,30,36)/t24-,26?/m1/s1. The van der Waals surface area contributed by atoms with Gasteiger partial charge in [-0.1, -0.05) is 37.6 Å². The lowest BCUT2D eigenvalue weighted by atomic mass is 9.91. The van der Waals surface area contributed by atoms with Gasteiger partial charge in [-0.05, 0) is 70.4 Å². The second kappa shape index (κ2) is 11.9. The van der Waals surface area contributed by atoms with E-state index in [1.54, 1.807) is 4.90 Å². The van der Waals surface area contributed by atoms with Gasteiger partial charge in [-0.15, -0.1) is 0 Å². The first-order valence-corrected chi connectivity index (χ1v) is 13.8. The van der Waals surface area contributed by atoms with E-state index in [4.69, 9.17) is 22.3 Å². The number of likely N-dealkylation sites (tertiary alicyclic amines) is 1. The number of pyridine rings is 1. The highest BCUT2D eigenvalue weighted by molar-refractivity contribution is 9.10. The van der Waals surface area contributed by atoms with Crippen LogP contribution in [0.25, 0.3) is 0 Å². The fourth-order valence-electron chi connectivity index (χ4n) is 5.43. The summed E-state index contributed by atoms with van der Waals surface area (Å²) in [6.07, 6.45) is 4.02. The fourth-order valence-corrected chi connectivity index (χ4v) is 5.79.